The maximum Gasteiger partial charge on any atom is 0.323 e. The average molecular weight is 251 g/mol. The number of amides is 2. The first kappa shape index (κ1) is 13.4. The van der Waals surface area contributed by atoms with E-state index in [1.807, 2.05) is 0 Å². The van der Waals surface area contributed by atoms with Crippen LogP contribution in [0.25, 0.3) is 0 Å². The van der Waals surface area contributed by atoms with Gasteiger partial charge in [-0.3, -0.25) is 4.79 Å². The fourth-order valence-electron chi connectivity index (χ4n) is 1.18. The van der Waals surface area contributed by atoms with Gasteiger partial charge in [-0.1, -0.05) is 0 Å². The van der Waals surface area contributed by atoms with Crippen molar-refractivity contribution in [2.45, 2.75) is 0 Å². The Bertz CT molecular complexity index is 525. The van der Waals surface area contributed by atoms with E-state index in [0.29, 0.717) is 0 Å². The normalized spacial score (nSPS) is 9.39. The van der Waals surface area contributed by atoms with Crippen LogP contribution in [0.4, 0.5) is 14.9 Å². The summed E-state index contributed by atoms with van der Waals surface area (Å²) in [6.45, 7) is -0.460. The Hall–Kier alpha value is -2.62. The van der Waals surface area contributed by atoms with E-state index < -0.39 is 24.4 Å². The van der Waals surface area contributed by atoms with Crippen LogP contribution in [0.1, 0.15) is 5.56 Å². The number of nitriles is 1. The lowest BCUT2D eigenvalue weighted by Gasteiger charge is -2.15. The molecule has 2 amide bonds. The second-order valence-electron chi connectivity index (χ2n) is 3.49. The van der Waals surface area contributed by atoms with Gasteiger partial charge >= 0.3 is 12.0 Å². The lowest BCUT2D eigenvalue weighted by Crippen LogP contribution is -2.35. The second kappa shape index (κ2) is 5.63. The van der Waals surface area contributed by atoms with E-state index in [-0.39, 0.29) is 11.3 Å². The molecule has 0 heterocycles. The number of hydrogen-bond acceptors (Lipinski definition) is 3. The zero-order valence-corrected chi connectivity index (χ0v) is 9.48. The lowest BCUT2D eigenvalue weighted by molar-refractivity contribution is -0.137. The standard InChI is InChI=1S/C11H10FN3O3/c1-15(6-10(16)17)11(18)14-8-2-3-9(12)7(4-8)5-13/h2-4H,6H2,1H3,(H,14,18)(H,16,17). The van der Waals surface area contributed by atoms with Crippen LogP contribution in [0.2, 0.25) is 0 Å². The fraction of sp³-hybridized carbons (Fsp3) is 0.182. The molecule has 6 nitrogen and oxygen atoms in total. The van der Waals surface area contributed by atoms with Crippen molar-refractivity contribution in [1.82, 2.24) is 4.90 Å². The third-order valence-electron chi connectivity index (χ3n) is 2.06. The largest absolute Gasteiger partial charge is 0.480 e. The van der Waals surface area contributed by atoms with Crippen molar-refractivity contribution in [3.05, 3.63) is 29.6 Å². The summed E-state index contributed by atoms with van der Waals surface area (Å²) in [7, 11) is 1.30. The molecule has 1 rings (SSSR count). The molecule has 0 radical (unpaired) electrons. The Kier molecular flexibility index (Phi) is 4.21. The van der Waals surface area contributed by atoms with E-state index in [9.17, 15) is 14.0 Å². The third-order valence-corrected chi connectivity index (χ3v) is 2.06. The number of carbonyl (C=O) groups excluding carboxylic acids is 1. The van der Waals surface area contributed by atoms with E-state index >= 15 is 0 Å². The Morgan fingerprint density at radius 3 is 2.78 bits per heavy atom. The summed E-state index contributed by atoms with van der Waals surface area (Å²) in [6, 6.07) is 4.47. The number of carboxylic acid groups (broad SMARTS) is 1. The Morgan fingerprint density at radius 1 is 1.56 bits per heavy atom. The Morgan fingerprint density at radius 2 is 2.22 bits per heavy atom. The Balaban J connectivity index is 2.76. The molecule has 0 fully saturated rings. The number of rotatable bonds is 3. The van der Waals surface area contributed by atoms with Crippen molar-refractivity contribution in [3.63, 3.8) is 0 Å². The van der Waals surface area contributed by atoms with Gasteiger partial charge in [-0.05, 0) is 18.2 Å². The lowest BCUT2D eigenvalue weighted by atomic mass is 10.2. The summed E-state index contributed by atoms with van der Waals surface area (Å²) < 4.78 is 13.0. The molecule has 0 spiro atoms. The van der Waals surface area contributed by atoms with E-state index in [1.54, 1.807) is 6.07 Å². The number of nitrogens with zero attached hydrogens (tertiary/aromatic N) is 2. The second-order valence-corrected chi connectivity index (χ2v) is 3.49. The van der Waals surface area contributed by atoms with Crippen LogP contribution in [-0.4, -0.2) is 35.6 Å². The van der Waals surface area contributed by atoms with Crippen LogP contribution < -0.4 is 5.32 Å². The molecule has 0 saturated carbocycles. The summed E-state index contributed by atoms with van der Waals surface area (Å²) in [6.07, 6.45) is 0. The highest BCUT2D eigenvalue weighted by Gasteiger charge is 2.12. The molecule has 0 unspecified atom stereocenters. The summed E-state index contributed by atoms with van der Waals surface area (Å²) in [5.74, 6) is -1.83. The minimum Gasteiger partial charge on any atom is -0.480 e. The minimum atomic E-state index is -1.15. The molecule has 0 aromatic heterocycles. The molecular weight excluding hydrogens is 241 g/mol. The molecule has 0 atom stereocenters. The van der Waals surface area contributed by atoms with Crippen molar-refractivity contribution in [2.75, 3.05) is 18.9 Å². The predicted octanol–water partition coefficient (Wildman–Crippen LogP) is 1.25. The number of aliphatic carboxylic acids is 1. The molecule has 94 valence electrons. The molecule has 0 saturated heterocycles. The van der Waals surface area contributed by atoms with Gasteiger partial charge in [-0.2, -0.15) is 5.26 Å². The molecule has 18 heavy (non-hydrogen) atoms. The Labute approximate surface area is 102 Å². The maximum absolute atomic E-state index is 13.0. The van der Waals surface area contributed by atoms with Crippen LogP contribution >= 0.6 is 0 Å². The molecule has 1 aromatic rings. The quantitative estimate of drug-likeness (QED) is 0.845. The number of nitrogens with one attached hydrogen (secondary N) is 1. The van der Waals surface area contributed by atoms with E-state index in [1.165, 1.54) is 19.2 Å². The number of benzene rings is 1. The number of likely N-dealkylation sites (N-methyl/N-ethyl adjacent to an activating group) is 1. The van der Waals surface area contributed by atoms with E-state index in [4.69, 9.17) is 10.4 Å². The van der Waals surface area contributed by atoms with E-state index in [2.05, 4.69) is 5.32 Å². The van der Waals surface area contributed by atoms with Gasteiger partial charge in [-0.25, -0.2) is 9.18 Å². The van der Waals surface area contributed by atoms with Crippen LogP contribution in [0.15, 0.2) is 18.2 Å². The van der Waals surface area contributed by atoms with Crippen molar-refractivity contribution >= 4 is 17.7 Å². The van der Waals surface area contributed by atoms with Gasteiger partial charge in [0.2, 0.25) is 0 Å². The maximum atomic E-state index is 13.0. The molecule has 2 N–H and O–H groups in total. The number of carboxylic acids is 1. The molecular formula is C11H10FN3O3. The summed E-state index contributed by atoms with van der Waals surface area (Å²) in [4.78, 5) is 22.8. The van der Waals surface area contributed by atoms with Crippen LogP contribution in [0.3, 0.4) is 0 Å². The molecule has 0 aliphatic heterocycles. The summed E-state index contributed by atoms with van der Waals surface area (Å²) in [5.41, 5.74) is 0.0175. The van der Waals surface area contributed by atoms with Gasteiger partial charge in [0.15, 0.2) is 0 Å². The van der Waals surface area contributed by atoms with Crippen molar-refractivity contribution in [2.24, 2.45) is 0 Å². The zero-order valence-electron chi connectivity index (χ0n) is 9.48. The highest BCUT2D eigenvalue weighted by molar-refractivity contribution is 5.91. The van der Waals surface area contributed by atoms with Crippen LogP contribution in [0.5, 0.6) is 0 Å². The monoisotopic (exact) mass is 251 g/mol. The van der Waals surface area contributed by atoms with Crippen molar-refractivity contribution in [3.8, 4) is 6.07 Å². The third kappa shape index (κ3) is 3.45. The summed E-state index contributed by atoms with van der Waals surface area (Å²) in [5, 5.41) is 19.5. The molecule has 0 bridgehead atoms. The highest BCUT2D eigenvalue weighted by Crippen LogP contribution is 2.14. The first-order valence-corrected chi connectivity index (χ1v) is 4.87. The van der Waals surface area contributed by atoms with Gasteiger partial charge < -0.3 is 15.3 Å². The molecule has 0 aliphatic carbocycles. The van der Waals surface area contributed by atoms with E-state index in [0.717, 1.165) is 11.0 Å². The first-order chi connectivity index (χ1) is 8.43. The molecule has 0 aliphatic rings. The highest BCUT2D eigenvalue weighted by atomic mass is 19.1. The van der Waals surface area contributed by atoms with Crippen LogP contribution in [0, 0.1) is 17.1 Å². The topological polar surface area (TPSA) is 93.4 Å². The molecule has 1 aromatic carbocycles. The first-order valence-electron chi connectivity index (χ1n) is 4.87. The van der Waals surface area contributed by atoms with Gasteiger partial charge in [-0.15, -0.1) is 0 Å². The van der Waals surface area contributed by atoms with Crippen molar-refractivity contribution in [1.29, 1.82) is 5.26 Å². The zero-order chi connectivity index (χ0) is 13.7. The SMILES string of the molecule is CN(CC(=O)O)C(=O)Nc1ccc(F)c(C#N)c1. The van der Waals surface area contributed by atoms with Gasteiger partial charge in [0, 0.05) is 12.7 Å². The number of urea groups is 1. The summed E-state index contributed by atoms with van der Waals surface area (Å²) >= 11 is 0. The minimum absolute atomic E-state index is 0.200. The smallest absolute Gasteiger partial charge is 0.323 e. The number of hydrogen-bond donors (Lipinski definition) is 2. The van der Waals surface area contributed by atoms with Gasteiger partial charge in [0.25, 0.3) is 0 Å². The number of carbonyl (C=O) groups is 2. The van der Waals surface area contributed by atoms with Crippen LogP contribution in [-0.2, 0) is 4.79 Å². The molecule has 7 heteroatoms. The average Bonchev–Trinajstić information content (AvgIpc) is 2.30. The van der Waals surface area contributed by atoms with Gasteiger partial charge in [0.1, 0.15) is 18.4 Å². The fourth-order valence-corrected chi connectivity index (χ4v) is 1.18. The van der Waals surface area contributed by atoms with Crippen molar-refractivity contribution < 1.29 is 19.1 Å². The van der Waals surface area contributed by atoms with Gasteiger partial charge in [0.05, 0.1) is 5.56 Å². The number of anilines is 1. The predicted molar refractivity (Wildman–Crippen MR) is 60.4 cm³/mol. The number of halogens is 1.